The van der Waals surface area contributed by atoms with E-state index in [0.29, 0.717) is 44.4 Å². The summed E-state index contributed by atoms with van der Waals surface area (Å²) in [5.74, 6) is 0.207. The second kappa shape index (κ2) is 11.3. The first-order valence-corrected chi connectivity index (χ1v) is 13.3. The number of nitrogens with one attached hydrogen (secondary N) is 1. The summed E-state index contributed by atoms with van der Waals surface area (Å²) in [6, 6.07) is 8.26. The molecule has 3 aromatic heterocycles. The number of benzene rings is 1. The number of hydrogen-bond donors (Lipinski definition) is 1. The van der Waals surface area contributed by atoms with Gasteiger partial charge in [-0.1, -0.05) is 36.1 Å². The maximum absolute atomic E-state index is 12.5. The molecule has 0 fully saturated rings. The van der Waals surface area contributed by atoms with Crippen molar-refractivity contribution in [2.45, 2.75) is 25.1 Å². The Morgan fingerprint density at radius 2 is 2.14 bits per heavy atom. The van der Waals surface area contributed by atoms with Crippen LogP contribution in [0.5, 0.6) is 11.5 Å². The zero-order valence-electron chi connectivity index (χ0n) is 19.3. The van der Waals surface area contributed by atoms with Crippen LogP contribution in [-0.4, -0.2) is 43.2 Å². The predicted molar refractivity (Wildman–Crippen MR) is 138 cm³/mol. The molecule has 0 aliphatic carbocycles. The Morgan fingerprint density at radius 1 is 1.31 bits per heavy atom. The van der Waals surface area contributed by atoms with Gasteiger partial charge in [0.1, 0.15) is 23.3 Å². The molecular weight excluding hydrogens is 522 g/mol. The van der Waals surface area contributed by atoms with Gasteiger partial charge in [0.15, 0.2) is 11.5 Å². The van der Waals surface area contributed by atoms with Gasteiger partial charge < -0.3 is 9.47 Å². The van der Waals surface area contributed by atoms with Crippen LogP contribution in [0, 0.1) is 11.3 Å². The average Bonchev–Trinajstić information content (AvgIpc) is 3.53. The summed E-state index contributed by atoms with van der Waals surface area (Å²) in [4.78, 5) is 33.9. The molecule has 36 heavy (non-hydrogen) atoms. The average molecular weight is 542 g/mol. The van der Waals surface area contributed by atoms with Crippen molar-refractivity contribution in [1.82, 2.24) is 24.0 Å². The Hall–Kier alpha value is -3.80. The van der Waals surface area contributed by atoms with Crippen LogP contribution < -0.4 is 20.3 Å². The van der Waals surface area contributed by atoms with Crippen molar-refractivity contribution in [2.75, 3.05) is 18.7 Å². The zero-order chi connectivity index (χ0) is 25.7. The molecule has 3 heterocycles. The molecule has 1 N–H and O–H groups in total. The highest BCUT2D eigenvalue weighted by Gasteiger charge is 2.14. The van der Waals surface area contributed by atoms with Crippen LogP contribution in [0.4, 0.5) is 5.13 Å². The first-order valence-electron chi connectivity index (χ1n) is 10.4. The minimum absolute atomic E-state index is 0.0440. The molecule has 4 aromatic rings. The molecule has 0 saturated heterocycles. The molecule has 0 unspecified atom stereocenters. The number of amides is 1. The van der Waals surface area contributed by atoms with E-state index in [1.165, 1.54) is 46.9 Å². The SMILES string of the molecule is CCc1nn2c(=O)cc(COc3ccc(/C=C(/C#N)C(=O)Nc4nc(SC)ns4)cc3OC)nc2s1. The van der Waals surface area contributed by atoms with Gasteiger partial charge in [0.25, 0.3) is 11.5 Å². The molecule has 0 bridgehead atoms. The van der Waals surface area contributed by atoms with Crippen LogP contribution in [-0.2, 0) is 17.8 Å². The van der Waals surface area contributed by atoms with E-state index in [1.807, 2.05) is 19.2 Å². The van der Waals surface area contributed by atoms with E-state index in [9.17, 15) is 14.9 Å². The van der Waals surface area contributed by atoms with Crippen LogP contribution in [0.3, 0.4) is 0 Å². The normalized spacial score (nSPS) is 11.3. The predicted octanol–water partition coefficient (Wildman–Crippen LogP) is 3.42. The number of hydrogen-bond acceptors (Lipinski definition) is 12. The molecule has 184 valence electrons. The maximum atomic E-state index is 12.5. The number of nitriles is 1. The first kappa shape index (κ1) is 25.3. The molecule has 0 atom stereocenters. The van der Waals surface area contributed by atoms with Gasteiger partial charge >= 0.3 is 0 Å². The van der Waals surface area contributed by atoms with Crippen molar-refractivity contribution < 1.29 is 14.3 Å². The summed E-state index contributed by atoms with van der Waals surface area (Å²) in [6.45, 7) is 2.01. The molecule has 0 radical (unpaired) electrons. The van der Waals surface area contributed by atoms with E-state index >= 15 is 0 Å². The number of aryl methyl sites for hydroxylation is 1. The zero-order valence-corrected chi connectivity index (χ0v) is 21.8. The fourth-order valence-electron chi connectivity index (χ4n) is 2.98. The molecule has 1 aromatic carbocycles. The molecule has 14 heteroatoms. The van der Waals surface area contributed by atoms with Crippen molar-refractivity contribution in [3.05, 3.63) is 56.5 Å². The second-order valence-electron chi connectivity index (χ2n) is 7.04. The highest BCUT2D eigenvalue weighted by atomic mass is 32.2. The summed E-state index contributed by atoms with van der Waals surface area (Å²) in [7, 11) is 1.48. The fraction of sp³-hybridized carbons (Fsp3) is 0.227. The van der Waals surface area contributed by atoms with Crippen molar-refractivity contribution in [1.29, 1.82) is 5.26 Å². The number of carbonyl (C=O) groups excluding carboxylic acids is 1. The third-order valence-corrected chi connectivity index (χ3v) is 7.04. The monoisotopic (exact) mass is 541 g/mol. The largest absolute Gasteiger partial charge is 0.493 e. The number of carbonyl (C=O) groups is 1. The van der Waals surface area contributed by atoms with E-state index in [4.69, 9.17) is 9.47 Å². The summed E-state index contributed by atoms with van der Waals surface area (Å²) in [5, 5.41) is 18.0. The van der Waals surface area contributed by atoms with Crippen LogP contribution in [0.2, 0.25) is 0 Å². The van der Waals surface area contributed by atoms with Crippen LogP contribution in [0.1, 0.15) is 23.2 Å². The highest BCUT2D eigenvalue weighted by Crippen LogP contribution is 2.30. The smallest absolute Gasteiger partial charge is 0.275 e. The lowest BCUT2D eigenvalue weighted by molar-refractivity contribution is -0.112. The van der Waals surface area contributed by atoms with E-state index in [2.05, 4.69) is 24.8 Å². The molecule has 1 amide bonds. The molecule has 0 spiro atoms. The maximum Gasteiger partial charge on any atom is 0.275 e. The Morgan fingerprint density at radius 3 is 2.83 bits per heavy atom. The van der Waals surface area contributed by atoms with E-state index in [0.717, 1.165) is 16.5 Å². The van der Waals surface area contributed by atoms with E-state index < -0.39 is 5.91 Å². The quantitative estimate of drug-likeness (QED) is 0.190. The van der Waals surface area contributed by atoms with E-state index in [1.54, 1.807) is 18.2 Å². The molecule has 11 nitrogen and oxygen atoms in total. The molecule has 0 aliphatic rings. The minimum atomic E-state index is -0.595. The van der Waals surface area contributed by atoms with Crippen molar-refractivity contribution in [3.8, 4) is 17.6 Å². The van der Waals surface area contributed by atoms with Gasteiger partial charge in [-0.3, -0.25) is 14.9 Å². The van der Waals surface area contributed by atoms with Crippen molar-refractivity contribution in [2.24, 2.45) is 0 Å². The lowest BCUT2D eigenvalue weighted by Crippen LogP contribution is -2.16. The summed E-state index contributed by atoms with van der Waals surface area (Å²) in [5.41, 5.74) is 0.632. The van der Waals surface area contributed by atoms with Crippen LogP contribution in [0.25, 0.3) is 11.0 Å². The first-order chi connectivity index (χ1) is 17.4. The number of methoxy groups -OCH3 is 1. The minimum Gasteiger partial charge on any atom is -0.493 e. The number of rotatable bonds is 9. The number of aromatic nitrogens is 5. The second-order valence-corrected chi connectivity index (χ2v) is 9.60. The van der Waals surface area contributed by atoms with Crippen LogP contribution >= 0.6 is 34.6 Å². The van der Waals surface area contributed by atoms with Crippen molar-refractivity contribution in [3.63, 3.8) is 0 Å². The number of ether oxygens (including phenoxy) is 2. The third-order valence-electron chi connectivity index (χ3n) is 4.69. The summed E-state index contributed by atoms with van der Waals surface area (Å²) >= 11 is 3.75. The third kappa shape index (κ3) is 5.70. The summed E-state index contributed by atoms with van der Waals surface area (Å²) < 4.78 is 16.6. The van der Waals surface area contributed by atoms with Gasteiger partial charge in [-0.25, -0.2) is 4.98 Å². The number of fused-ring (bicyclic) bond motifs is 1. The number of thioether (sulfide) groups is 1. The molecular formula is C22H19N7O4S3. The fourth-order valence-corrected chi connectivity index (χ4v) is 4.96. The Labute approximate surface area is 217 Å². The number of anilines is 1. The molecule has 0 aliphatic heterocycles. The van der Waals surface area contributed by atoms with Gasteiger partial charge in [0.2, 0.25) is 15.2 Å². The topological polar surface area (TPSA) is 144 Å². The van der Waals surface area contributed by atoms with E-state index in [-0.39, 0.29) is 17.7 Å². The molecule has 0 saturated carbocycles. The Kier molecular flexibility index (Phi) is 7.93. The van der Waals surface area contributed by atoms with Crippen LogP contribution in [0.15, 0.2) is 39.8 Å². The van der Waals surface area contributed by atoms with Gasteiger partial charge in [-0.15, -0.1) is 0 Å². The highest BCUT2D eigenvalue weighted by molar-refractivity contribution is 7.98. The van der Waals surface area contributed by atoms with Crippen molar-refractivity contribution >= 4 is 56.7 Å². The van der Waals surface area contributed by atoms with Gasteiger partial charge in [-0.05, 0) is 36.4 Å². The number of nitrogens with zero attached hydrogens (tertiary/aromatic N) is 6. The van der Waals surface area contributed by atoms with Gasteiger partial charge in [0.05, 0.1) is 12.8 Å². The molecule has 4 rings (SSSR count). The lowest BCUT2D eigenvalue weighted by Gasteiger charge is -2.11. The lowest BCUT2D eigenvalue weighted by atomic mass is 10.1. The standard InChI is InChI=1S/C22H19N7O4S3/c1-4-17-27-29-18(30)9-14(24-22(29)35-17)11-33-15-6-5-12(8-16(15)32-2)7-13(10-23)19(31)25-20-26-21(34-3)28-36-20/h5-9H,4,11H2,1-3H3,(H,25,26,28,31)/b13-7-. The van der Waals surface area contributed by atoms with Gasteiger partial charge in [0, 0.05) is 17.6 Å². The van der Waals surface area contributed by atoms with Gasteiger partial charge in [-0.2, -0.15) is 24.2 Å². The Bertz CT molecular complexity index is 1550. The Balaban J connectivity index is 1.49. The summed E-state index contributed by atoms with van der Waals surface area (Å²) in [6.07, 6.45) is 3.98.